The number of amides is 1. The number of nitrogens with one attached hydrogen (secondary N) is 1. The Kier molecular flexibility index (Phi) is 9.72. The number of hydrogen-bond donors (Lipinski definition) is 1. The normalized spacial score (nSPS) is 11.3. The summed E-state index contributed by atoms with van der Waals surface area (Å²) in [6.07, 6.45) is 13.0. The van der Waals surface area contributed by atoms with E-state index in [1.165, 1.54) is 57.4 Å². The Hall–Kier alpha value is -0.790. The molecule has 0 aliphatic carbocycles. The van der Waals surface area contributed by atoms with Gasteiger partial charge < -0.3 is 5.32 Å². The number of carbonyl (C=O) groups is 1. The van der Waals surface area contributed by atoms with Crippen molar-refractivity contribution in [3.63, 3.8) is 0 Å². The zero-order valence-corrected chi connectivity index (χ0v) is 12.6. The highest BCUT2D eigenvalue weighted by molar-refractivity contribution is 5.87. The van der Waals surface area contributed by atoms with Crippen LogP contribution in [0.3, 0.4) is 0 Å². The Bertz CT molecular complexity index is 233. The Morgan fingerprint density at radius 2 is 1.56 bits per heavy atom. The highest BCUT2D eigenvalue weighted by Gasteiger charge is 2.17. The number of carbonyl (C=O) groups excluding carboxylic acids is 1. The second-order valence-corrected chi connectivity index (χ2v) is 5.80. The van der Waals surface area contributed by atoms with Crippen LogP contribution in [0, 0.1) is 0 Å². The SMILES string of the molecule is C=CC(=O)NC(C)(C)CCCCCCCCCC. The van der Waals surface area contributed by atoms with Crippen LogP contribution in [0.15, 0.2) is 12.7 Å². The van der Waals surface area contributed by atoms with Gasteiger partial charge >= 0.3 is 0 Å². The van der Waals surface area contributed by atoms with Crippen LogP contribution in [0.5, 0.6) is 0 Å². The van der Waals surface area contributed by atoms with Gasteiger partial charge in [-0.05, 0) is 26.3 Å². The number of hydrogen-bond acceptors (Lipinski definition) is 1. The molecular weight excluding hydrogens is 222 g/mol. The third-order valence-electron chi connectivity index (χ3n) is 3.30. The molecule has 1 amide bonds. The fourth-order valence-electron chi connectivity index (χ4n) is 2.15. The standard InChI is InChI=1S/C16H31NO/c1-5-7-8-9-10-11-12-13-14-16(3,4)17-15(18)6-2/h6H,2,5,7-14H2,1,3-4H3,(H,17,18). The molecular formula is C16H31NO. The predicted octanol–water partition coefficient (Wildman–Crippen LogP) is 4.60. The minimum Gasteiger partial charge on any atom is -0.348 e. The lowest BCUT2D eigenvalue weighted by atomic mass is 9.96. The molecule has 0 spiro atoms. The number of unbranched alkanes of at least 4 members (excludes halogenated alkanes) is 7. The van der Waals surface area contributed by atoms with Crippen LogP contribution in [-0.4, -0.2) is 11.4 Å². The molecule has 0 bridgehead atoms. The summed E-state index contributed by atoms with van der Waals surface area (Å²) in [7, 11) is 0. The van der Waals surface area contributed by atoms with Crippen LogP contribution < -0.4 is 5.32 Å². The van der Waals surface area contributed by atoms with E-state index in [0.29, 0.717) is 0 Å². The molecule has 0 aliphatic heterocycles. The molecule has 0 aromatic carbocycles. The first kappa shape index (κ1) is 17.2. The van der Waals surface area contributed by atoms with E-state index < -0.39 is 0 Å². The molecule has 0 fully saturated rings. The van der Waals surface area contributed by atoms with Gasteiger partial charge in [0.2, 0.25) is 5.91 Å². The molecule has 18 heavy (non-hydrogen) atoms. The molecule has 0 unspecified atom stereocenters. The minimum atomic E-state index is -0.104. The van der Waals surface area contributed by atoms with Crippen LogP contribution in [0.4, 0.5) is 0 Å². The van der Waals surface area contributed by atoms with Crippen LogP contribution in [-0.2, 0) is 4.79 Å². The summed E-state index contributed by atoms with van der Waals surface area (Å²) in [5, 5.41) is 2.97. The third-order valence-corrected chi connectivity index (χ3v) is 3.30. The summed E-state index contributed by atoms with van der Waals surface area (Å²) in [4.78, 5) is 11.2. The highest BCUT2D eigenvalue weighted by Crippen LogP contribution is 2.16. The topological polar surface area (TPSA) is 29.1 Å². The van der Waals surface area contributed by atoms with Gasteiger partial charge in [-0.25, -0.2) is 0 Å². The van der Waals surface area contributed by atoms with Crippen molar-refractivity contribution in [2.45, 2.75) is 84.1 Å². The van der Waals surface area contributed by atoms with Crippen molar-refractivity contribution in [2.75, 3.05) is 0 Å². The molecule has 1 N–H and O–H groups in total. The Morgan fingerprint density at radius 1 is 1.06 bits per heavy atom. The van der Waals surface area contributed by atoms with Gasteiger partial charge in [0.1, 0.15) is 0 Å². The highest BCUT2D eigenvalue weighted by atomic mass is 16.1. The van der Waals surface area contributed by atoms with Crippen molar-refractivity contribution in [2.24, 2.45) is 0 Å². The average Bonchev–Trinajstić information content (AvgIpc) is 2.31. The average molecular weight is 253 g/mol. The monoisotopic (exact) mass is 253 g/mol. The molecule has 0 rings (SSSR count). The van der Waals surface area contributed by atoms with Gasteiger partial charge in [0.25, 0.3) is 0 Å². The first-order valence-corrected chi connectivity index (χ1v) is 7.46. The third kappa shape index (κ3) is 10.4. The molecule has 0 heterocycles. The van der Waals surface area contributed by atoms with E-state index in [2.05, 4.69) is 32.7 Å². The van der Waals surface area contributed by atoms with Crippen molar-refractivity contribution in [1.82, 2.24) is 5.32 Å². The van der Waals surface area contributed by atoms with E-state index in [9.17, 15) is 4.79 Å². The maximum atomic E-state index is 11.2. The largest absolute Gasteiger partial charge is 0.348 e. The smallest absolute Gasteiger partial charge is 0.243 e. The molecule has 0 radical (unpaired) electrons. The first-order valence-electron chi connectivity index (χ1n) is 7.46. The Morgan fingerprint density at radius 3 is 2.06 bits per heavy atom. The lowest BCUT2D eigenvalue weighted by Gasteiger charge is -2.25. The summed E-state index contributed by atoms with van der Waals surface area (Å²) in [6.45, 7) is 9.89. The molecule has 0 atom stereocenters. The zero-order valence-electron chi connectivity index (χ0n) is 12.6. The Balaban J connectivity index is 3.46. The zero-order chi connectivity index (χ0) is 13.9. The van der Waals surface area contributed by atoms with Crippen LogP contribution in [0.1, 0.15) is 78.6 Å². The summed E-state index contributed by atoms with van der Waals surface area (Å²) in [6, 6.07) is 0. The lowest BCUT2D eigenvalue weighted by Crippen LogP contribution is -2.42. The van der Waals surface area contributed by atoms with Gasteiger partial charge in [0.15, 0.2) is 0 Å². The van der Waals surface area contributed by atoms with Crippen molar-refractivity contribution in [1.29, 1.82) is 0 Å². The maximum Gasteiger partial charge on any atom is 0.243 e. The van der Waals surface area contributed by atoms with Gasteiger partial charge in [-0.3, -0.25) is 4.79 Å². The summed E-state index contributed by atoms with van der Waals surface area (Å²) in [5.41, 5.74) is -0.104. The summed E-state index contributed by atoms with van der Waals surface area (Å²) in [5.74, 6) is -0.0698. The molecule has 2 nitrogen and oxygen atoms in total. The second kappa shape index (κ2) is 10.2. The van der Waals surface area contributed by atoms with Crippen LogP contribution in [0.2, 0.25) is 0 Å². The van der Waals surface area contributed by atoms with E-state index in [1.807, 2.05) is 0 Å². The lowest BCUT2D eigenvalue weighted by molar-refractivity contribution is -0.118. The number of rotatable bonds is 11. The Labute approximate surface area is 113 Å². The van der Waals surface area contributed by atoms with Gasteiger partial charge in [0.05, 0.1) is 0 Å². The van der Waals surface area contributed by atoms with Crippen molar-refractivity contribution in [3.8, 4) is 0 Å². The second-order valence-electron chi connectivity index (χ2n) is 5.80. The van der Waals surface area contributed by atoms with Gasteiger partial charge in [-0.15, -0.1) is 0 Å². The van der Waals surface area contributed by atoms with Crippen molar-refractivity contribution < 1.29 is 4.79 Å². The predicted molar refractivity (Wildman–Crippen MR) is 79.6 cm³/mol. The first-order chi connectivity index (χ1) is 8.52. The summed E-state index contributed by atoms with van der Waals surface area (Å²) >= 11 is 0. The molecule has 106 valence electrons. The van der Waals surface area contributed by atoms with Gasteiger partial charge in [-0.2, -0.15) is 0 Å². The van der Waals surface area contributed by atoms with Gasteiger partial charge in [0, 0.05) is 5.54 Å². The molecule has 0 aromatic heterocycles. The molecule has 0 saturated carbocycles. The van der Waals surface area contributed by atoms with E-state index in [4.69, 9.17) is 0 Å². The van der Waals surface area contributed by atoms with Crippen molar-refractivity contribution in [3.05, 3.63) is 12.7 Å². The minimum absolute atomic E-state index is 0.0698. The molecule has 0 aliphatic rings. The van der Waals surface area contributed by atoms with E-state index in [1.54, 1.807) is 0 Å². The fourth-order valence-corrected chi connectivity index (χ4v) is 2.15. The quantitative estimate of drug-likeness (QED) is 0.423. The molecule has 2 heteroatoms. The van der Waals surface area contributed by atoms with E-state index in [-0.39, 0.29) is 11.4 Å². The van der Waals surface area contributed by atoms with Gasteiger partial charge in [-0.1, -0.05) is 64.9 Å². The summed E-state index contributed by atoms with van der Waals surface area (Å²) < 4.78 is 0. The van der Waals surface area contributed by atoms with Crippen LogP contribution in [0.25, 0.3) is 0 Å². The fraction of sp³-hybridized carbons (Fsp3) is 0.812. The maximum absolute atomic E-state index is 11.2. The van der Waals surface area contributed by atoms with Crippen molar-refractivity contribution >= 4 is 5.91 Å². The van der Waals surface area contributed by atoms with E-state index in [0.717, 1.165) is 6.42 Å². The van der Waals surface area contributed by atoms with E-state index >= 15 is 0 Å². The van der Waals surface area contributed by atoms with Crippen LogP contribution >= 0.6 is 0 Å². The molecule has 0 saturated heterocycles. The molecule has 0 aromatic rings.